The van der Waals surface area contributed by atoms with E-state index in [0.29, 0.717) is 5.56 Å². The van der Waals surface area contributed by atoms with E-state index < -0.39 is 10.0 Å². The van der Waals surface area contributed by atoms with Crippen LogP contribution in [0.25, 0.3) is 11.1 Å². The number of nitrogens with zero attached hydrogens (tertiary/aromatic N) is 1. The van der Waals surface area contributed by atoms with Crippen LogP contribution in [0.1, 0.15) is 16.8 Å². The molecule has 3 aromatic rings. The Morgan fingerprint density at radius 1 is 0.923 bits per heavy atom. The number of benzene rings is 2. The van der Waals surface area contributed by atoms with Gasteiger partial charge in [0.15, 0.2) is 0 Å². The van der Waals surface area contributed by atoms with Crippen molar-refractivity contribution in [3.63, 3.8) is 0 Å². The van der Waals surface area contributed by atoms with Gasteiger partial charge < -0.3 is 0 Å². The Labute approximate surface area is 152 Å². The molecule has 0 radical (unpaired) electrons. The highest BCUT2D eigenvalue weighted by molar-refractivity contribution is 7.92. The normalized spacial score (nSPS) is 11.4. The Balaban J connectivity index is 1.96. The minimum Gasteiger partial charge on any atom is -0.263 e. The third kappa shape index (κ3) is 3.75. The molecule has 26 heavy (non-hydrogen) atoms. The average Bonchev–Trinajstić information content (AvgIpc) is 2.54. The van der Waals surface area contributed by atoms with E-state index in [0.717, 1.165) is 22.4 Å². The summed E-state index contributed by atoms with van der Waals surface area (Å²) >= 11 is 0. The van der Waals surface area contributed by atoms with E-state index in [-0.39, 0.29) is 16.5 Å². The first kappa shape index (κ1) is 18.1. The van der Waals surface area contributed by atoms with E-state index in [9.17, 15) is 12.8 Å². The smallest absolute Gasteiger partial charge is 0.263 e. The fourth-order valence-corrected chi connectivity index (χ4v) is 4.09. The standard InChI is InChI=1S/C20H19FN2O2S/c1-13-12-17(21)8-9-18(13)16-7-10-19(14(2)11-16)26(24,25)23-20-6-4-5-15(3)22-20/h4-12H,1-3H3,(H,22,23). The van der Waals surface area contributed by atoms with Gasteiger partial charge in [0.05, 0.1) is 4.90 Å². The minimum absolute atomic E-state index is 0.185. The highest BCUT2D eigenvalue weighted by Crippen LogP contribution is 2.28. The second-order valence-electron chi connectivity index (χ2n) is 6.21. The molecule has 0 unspecified atom stereocenters. The van der Waals surface area contributed by atoms with Gasteiger partial charge in [-0.3, -0.25) is 4.72 Å². The number of nitrogens with one attached hydrogen (secondary N) is 1. The van der Waals surface area contributed by atoms with Crippen LogP contribution in [0.4, 0.5) is 10.2 Å². The molecule has 0 aliphatic heterocycles. The van der Waals surface area contributed by atoms with Crippen LogP contribution in [-0.4, -0.2) is 13.4 Å². The summed E-state index contributed by atoms with van der Waals surface area (Å²) in [6, 6.07) is 14.8. The molecule has 0 spiro atoms. The summed E-state index contributed by atoms with van der Waals surface area (Å²) in [7, 11) is -3.75. The molecular weight excluding hydrogens is 351 g/mol. The van der Waals surface area contributed by atoms with Gasteiger partial charge in [0.2, 0.25) is 0 Å². The maximum absolute atomic E-state index is 13.3. The Hall–Kier alpha value is -2.73. The lowest BCUT2D eigenvalue weighted by molar-refractivity contribution is 0.600. The Bertz CT molecular complexity index is 1080. The van der Waals surface area contributed by atoms with Crippen LogP contribution in [0.15, 0.2) is 59.5 Å². The summed E-state index contributed by atoms with van der Waals surface area (Å²) < 4.78 is 41.2. The average molecular weight is 370 g/mol. The molecule has 4 nitrogen and oxygen atoms in total. The highest BCUT2D eigenvalue weighted by atomic mass is 32.2. The van der Waals surface area contributed by atoms with Crippen LogP contribution in [0.2, 0.25) is 0 Å². The number of anilines is 1. The Morgan fingerprint density at radius 2 is 1.69 bits per heavy atom. The zero-order valence-corrected chi connectivity index (χ0v) is 15.6. The van der Waals surface area contributed by atoms with Crippen LogP contribution in [0.5, 0.6) is 0 Å². The number of aromatic nitrogens is 1. The summed E-state index contributed by atoms with van der Waals surface area (Å²) in [6.07, 6.45) is 0. The van der Waals surface area contributed by atoms with Gasteiger partial charge in [0.1, 0.15) is 11.6 Å². The van der Waals surface area contributed by atoms with Gasteiger partial charge in [0.25, 0.3) is 10.0 Å². The highest BCUT2D eigenvalue weighted by Gasteiger charge is 2.18. The first-order valence-electron chi connectivity index (χ1n) is 8.10. The fourth-order valence-electron chi connectivity index (χ4n) is 2.86. The zero-order valence-electron chi connectivity index (χ0n) is 14.7. The fraction of sp³-hybridized carbons (Fsp3) is 0.150. The van der Waals surface area contributed by atoms with E-state index in [2.05, 4.69) is 9.71 Å². The Morgan fingerprint density at radius 3 is 2.35 bits per heavy atom. The first-order valence-corrected chi connectivity index (χ1v) is 9.58. The van der Waals surface area contributed by atoms with Gasteiger partial charge in [-0.25, -0.2) is 17.8 Å². The van der Waals surface area contributed by atoms with Crippen LogP contribution >= 0.6 is 0 Å². The number of sulfonamides is 1. The molecule has 0 atom stereocenters. The SMILES string of the molecule is Cc1cccc(NS(=O)(=O)c2ccc(-c3ccc(F)cc3C)cc2C)n1. The van der Waals surface area contributed by atoms with E-state index in [4.69, 9.17) is 0 Å². The van der Waals surface area contributed by atoms with Crippen molar-refractivity contribution in [2.75, 3.05) is 4.72 Å². The van der Waals surface area contributed by atoms with Gasteiger partial charge in [-0.05, 0) is 73.4 Å². The van der Waals surface area contributed by atoms with Crippen molar-refractivity contribution in [3.05, 3.63) is 77.2 Å². The predicted molar refractivity (Wildman–Crippen MR) is 101 cm³/mol. The molecule has 0 fully saturated rings. The zero-order chi connectivity index (χ0) is 18.9. The summed E-state index contributed by atoms with van der Waals surface area (Å²) in [5, 5.41) is 0. The molecule has 0 bridgehead atoms. The molecule has 134 valence electrons. The molecule has 1 N–H and O–H groups in total. The predicted octanol–water partition coefficient (Wildman–Crippen LogP) is 4.61. The van der Waals surface area contributed by atoms with Crippen LogP contribution < -0.4 is 4.72 Å². The second kappa shape index (κ2) is 6.88. The number of aryl methyl sites for hydroxylation is 3. The molecule has 3 rings (SSSR count). The number of pyridine rings is 1. The number of hydrogen-bond donors (Lipinski definition) is 1. The first-order chi connectivity index (χ1) is 12.3. The van der Waals surface area contributed by atoms with Crippen molar-refractivity contribution in [1.29, 1.82) is 0 Å². The number of rotatable bonds is 4. The van der Waals surface area contributed by atoms with Crippen molar-refractivity contribution < 1.29 is 12.8 Å². The van der Waals surface area contributed by atoms with Crippen LogP contribution in [0, 0.1) is 26.6 Å². The third-order valence-corrected chi connectivity index (χ3v) is 5.61. The lowest BCUT2D eigenvalue weighted by atomic mass is 9.99. The molecule has 0 amide bonds. The Kier molecular flexibility index (Phi) is 4.78. The quantitative estimate of drug-likeness (QED) is 0.729. The van der Waals surface area contributed by atoms with Gasteiger partial charge in [0, 0.05) is 5.69 Å². The van der Waals surface area contributed by atoms with E-state index in [1.54, 1.807) is 56.3 Å². The molecule has 0 aliphatic rings. The number of halogens is 1. The summed E-state index contributed by atoms with van der Waals surface area (Å²) in [5.41, 5.74) is 3.83. The van der Waals surface area contributed by atoms with Crippen molar-refractivity contribution in [3.8, 4) is 11.1 Å². The molecule has 0 aliphatic carbocycles. The van der Waals surface area contributed by atoms with E-state index in [1.165, 1.54) is 12.1 Å². The molecule has 1 aromatic heterocycles. The topological polar surface area (TPSA) is 59.1 Å². The third-order valence-electron chi connectivity index (χ3n) is 4.09. The molecule has 0 saturated heterocycles. The van der Waals surface area contributed by atoms with Gasteiger partial charge in [-0.2, -0.15) is 0 Å². The van der Waals surface area contributed by atoms with Gasteiger partial charge in [-0.15, -0.1) is 0 Å². The van der Waals surface area contributed by atoms with Crippen molar-refractivity contribution >= 4 is 15.8 Å². The van der Waals surface area contributed by atoms with Gasteiger partial charge >= 0.3 is 0 Å². The van der Waals surface area contributed by atoms with Crippen molar-refractivity contribution in [1.82, 2.24) is 4.98 Å². The molecule has 2 aromatic carbocycles. The summed E-state index contributed by atoms with van der Waals surface area (Å²) in [6.45, 7) is 5.35. The minimum atomic E-state index is -3.75. The largest absolute Gasteiger partial charge is 0.263 e. The van der Waals surface area contributed by atoms with Crippen LogP contribution in [-0.2, 0) is 10.0 Å². The van der Waals surface area contributed by atoms with Gasteiger partial charge in [-0.1, -0.05) is 24.3 Å². The molecule has 1 heterocycles. The maximum atomic E-state index is 13.3. The second-order valence-corrected chi connectivity index (χ2v) is 7.86. The molecule has 6 heteroatoms. The van der Waals surface area contributed by atoms with Crippen LogP contribution in [0.3, 0.4) is 0 Å². The monoisotopic (exact) mass is 370 g/mol. The van der Waals surface area contributed by atoms with Crippen molar-refractivity contribution in [2.45, 2.75) is 25.7 Å². The van der Waals surface area contributed by atoms with E-state index >= 15 is 0 Å². The summed E-state index contributed by atoms with van der Waals surface area (Å²) in [5.74, 6) is -0.0140. The summed E-state index contributed by atoms with van der Waals surface area (Å²) in [4.78, 5) is 4.36. The molecular formula is C20H19FN2O2S. The van der Waals surface area contributed by atoms with E-state index in [1.807, 2.05) is 6.92 Å². The lowest BCUT2D eigenvalue weighted by Gasteiger charge is -2.13. The maximum Gasteiger partial charge on any atom is 0.263 e. The van der Waals surface area contributed by atoms with Crippen molar-refractivity contribution in [2.24, 2.45) is 0 Å². The molecule has 0 saturated carbocycles. The lowest BCUT2D eigenvalue weighted by Crippen LogP contribution is -2.15. The number of hydrogen-bond acceptors (Lipinski definition) is 3.